The highest BCUT2D eigenvalue weighted by molar-refractivity contribution is 7.99. The Morgan fingerprint density at radius 2 is 1.35 bits per heavy atom. The fourth-order valence-electron chi connectivity index (χ4n) is 5.89. The zero-order valence-electron chi connectivity index (χ0n) is 20.3. The topological polar surface area (TPSA) is 43.1 Å². The van der Waals surface area contributed by atoms with Crippen molar-refractivity contribution in [3.05, 3.63) is 137 Å². The molecule has 0 fully saturated rings. The Bertz CT molecular complexity index is 1700. The Morgan fingerprint density at radius 3 is 2.19 bits per heavy atom. The summed E-state index contributed by atoms with van der Waals surface area (Å²) in [7, 11) is 0. The van der Waals surface area contributed by atoms with Crippen molar-refractivity contribution >= 4 is 23.2 Å². The van der Waals surface area contributed by atoms with E-state index in [9.17, 15) is 4.79 Å². The average Bonchev–Trinajstić information content (AvgIpc) is 3.17. The summed E-state index contributed by atoms with van der Waals surface area (Å²) in [5, 5.41) is 0. The Hall–Kier alpha value is -4.08. The molecule has 2 aliphatic rings. The van der Waals surface area contributed by atoms with E-state index in [0.29, 0.717) is 0 Å². The molecule has 0 saturated carbocycles. The molecule has 1 heterocycles. The number of hydrogen-bond donors (Lipinski definition) is 1. The maximum atomic E-state index is 13.9. The van der Waals surface area contributed by atoms with Crippen molar-refractivity contribution in [1.29, 1.82) is 0 Å². The Labute approximate surface area is 221 Å². The van der Waals surface area contributed by atoms with E-state index in [1.54, 1.807) is 11.8 Å². The van der Waals surface area contributed by atoms with Crippen molar-refractivity contribution in [1.82, 2.24) is 0 Å². The zero-order chi connectivity index (χ0) is 24.9. The first-order valence-corrected chi connectivity index (χ1v) is 13.5. The minimum atomic E-state index is -0.153. The van der Waals surface area contributed by atoms with Crippen molar-refractivity contribution in [3.63, 3.8) is 0 Å². The third kappa shape index (κ3) is 3.70. The number of carbonyl (C=O) groups is 1. The average molecular weight is 496 g/mol. The lowest BCUT2D eigenvalue weighted by atomic mass is 9.87. The summed E-state index contributed by atoms with van der Waals surface area (Å²) in [6.45, 7) is 0. The van der Waals surface area contributed by atoms with E-state index >= 15 is 0 Å². The number of rotatable bonds is 3. The largest absolute Gasteiger partial charge is 0.398 e. The molecule has 2 N–H and O–H groups in total. The van der Waals surface area contributed by atoms with E-state index in [1.807, 2.05) is 36.4 Å². The number of anilines is 1. The van der Waals surface area contributed by atoms with Crippen LogP contribution in [0, 0.1) is 0 Å². The number of hydrogen-bond acceptors (Lipinski definition) is 3. The zero-order valence-corrected chi connectivity index (χ0v) is 21.1. The van der Waals surface area contributed by atoms with Crippen molar-refractivity contribution in [2.45, 2.75) is 28.6 Å². The lowest BCUT2D eigenvalue weighted by Crippen LogP contribution is -2.14. The molecule has 0 radical (unpaired) electrons. The highest BCUT2D eigenvalue weighted by atomic mass is 32.2. The molecule has 5 aromatic carbocycles. The molecule has 1 atom stereocenters. The van der Waals surface area contributed by atoms with Crippen molar-refractivity contribution in [2.75, 3.05) is 5.73 Å². The first kappa shape index (κ1) is 22.1. The van der Waals surface area contributed by atoms with E-state index in [-0.39, 0.29) is 11.7 Å². The monoisotopic (exact) mass is 495 g/mol. The summed E-state index contributed by atoms with van der Waals surface area (Å²) in [4.78, 5) is 16.3. The predicted octanol–water partition coefficient (Wildman–Crippen LogP) is 8.18. The molecule has 0 saturated heterocycles. The number of Topliss-reactive ketones (excluding diaryl/α,β-unsaturated/α-hetero) is 1. The lowest BCUT2D eigenvalue weighted by molar-refractivity contribution is 0.0959. The molecule has 1 aliphatic carbocycles. The van der Waals surface area contributed by atoms with E-state index in [0.717, 1.165) is 46.3 Å². The Balaban J connectivity index is 1.42. The molecule has 7 rings (SSSR count). The van der Waals surface area contributed by atoms with Crippen LogP contribution >= 0.6 is 11.8 Å². The van der Waals surface area contributed by atoms with E-state index in [1.165, 1.54) is 32.0 Å². The second-order valence-electron chi connectivity index (χ2n) is 9.85. The summed E-state index contributed by atoms with van der Waals surface area (Å²) in [5.74, 6) is 0.0686. The highest BCUT2D eigenvalue weighted by Gasteiger charge is 2.34. The van der Waals surface area contributed by atoms with E-state index in [2.05, 4.69) is 72.8 Å². The van der Waals surface area contributed by atoms with Gasteiger partial charge in [0.15, 0.2) is 5.78 Å². The number of benzene rings is 5. The van der Waals surface area contributed by atoms with Crippen molar-refractivity contribution in [3.8, 4) is 22.3 Å². The van der Waals surface area contributed by atoms with Crippen LogP contribution in [0.3, 0.4) is 0 Å². The molecule has 37 heavy (non-hydrogen) atoms. The second-order valence-corrected chi connectivity index (χ2v) is 10.9. The molecule has 0 aromatic heterocycles. The summed E-state index contributed by atoms with van der Waals surface area (Å²) >= 11 is 1.80. The fraction of sp³-hybridized carbons (Fsp3) is 0.0882. The van der Waals surface area contributed by atoms with Gasteiger partial charge in [0.1, 0.15) is 0 Å². The summed E-state index contributed by atoms with van der Waals surface area (Å²) in [5.41, 5.74) is 17.4. The first-order chi connectivity index (χ1) is 18.2. The number of nitrogen functional groups attached to an aromatic ring is 1. The summed E-state index contributed by atoms with van der Waals surface area (Å²) < 4.78 is 0. The lowest BCUT2D eigenvalue weighted by Gasteiger charge is -2.17. The number of fused-ring (bicyclic) bond motifs is 5. The van der Waals surface area contributed by atoms with Gasteiger partial charge in [-0.15, -0.1) is 0 Å². The molecule has 178 valence electrons. The van der Waals surface area contributed by atoms with Crippen LogP contribution in [0.1, 0.15) is 38.5 Å². The third-order valence-corrected chi connectivity index (χ3v) is 8.83. The maximum Gasteiger partial charge on any atom is 0.171 e. The highest BCUT2D eigenvalue weighted by Crippen LogP contribution is 2.49. The van der Waals surface area contributed by atoms with Gasteiger partial charge in [0.2, 0.25) is 0 Å². The summed E-state index contributed by atoms with van der Waals surface area (Å²) in [6, 6.07) is 37.8. The molecular formula is C34H25NOS. The van der Waals surface area contributed by atoms with Crippen molar-refractivity contribution < 1.29 is 4.79 Å². The molecule has 1 unspecified atom stereocenters. The predicted molar refractivity (Wildman–Crippen MR) is 152 cm³/mol. The van der Waals surface area contributed by atoms with Crippen LogP contribution in [0.25, 0.3) is 22.3 Å². The minimum absolute atomic E-state index is 0.153. The van der Waals surface area contributed by atoms with Crippen LogP contribution in [-0.4, -0.2) is 5.78 Å². The molecule has 5 aromatic rings. The van der Waals surface area contributed by atoms with Gasteiger partial charge >= 0.3 is 0 Å². The first-order valence-electron chi connectivity index (χ1n) is 12.7. The standard InChI is InChI=1S/C34H25NOS/c35-31-15-7-5-12-25(31)23-10-2-1-9-22(23)17-21-18-28-24-11-3-4-14-27(24)34(36)30-20-29(28)33(19-21)37-32-16-8-6-13-26(30)32/h1-16,18-19,30H,17,20,35H2. The van der Waals surface area contributed by atoms with Crippen LogP contribution in [0.5, 0.6) is 0 Å². The quantitative estimate of drug-likeness (QED) is 0.257. The van der Waals surface area contributed by atoms with E-state index in [4.69, 9.17) is 5.73 Å². The van der Waals surface area contributed by atoms with Gasteiger partial charge < -0.3 is 5.73 Å². The van der Waals surface area contributed by atoms with Crippen LogP contribution < -0.4 is 5.73 Å². The van der Waals surface area contributed by atoms with Gasteiger partial charge in [-0.05, 0) is 70.0 Å². The van der Waals surface area contributed by atoms with Gasteiger partial charge in [-0.2, -0.15) is 0 Å². The van der Waals surface area contributed by atoms with E-state index < -0.39 is 0 Å². The fourth-order valence-corrected chi connectivity index (χ4v) is 7.13. The molecule has 3 heteroatoms. The van der Waals surface area contributed by atoms with Crippen LogP contribution in [0.2, 0.25) is 0 Å². The van der Waals surface area contributed by atoms with Gasteiger partial charge in [-0.25, -0.2) is 0 Å². The van der Waals surface area contributed by atoms with Gasteiger partial charge in [0, 0.05) is 26.6 Å². The van der Waals surface area contributed by atoms with Gasteiger partial charge in [0.25, 0.3) is 0 Å². The molecule has 2 nitrogen and oxygen atoms in total. The molecule has 0 spiro atoms. The van der Waals surface area contributed by atoms with Gasteiger partial charge in [0.05, 0.1) is 5.92 Å². The van der Waals surface area contributed by atoms with Gasteiger partial charge in [-0.3, -0.25) is 4.79 Å². The van der Waals surface area contributed by atoms with Crippen LogP contribution in [-0.2, 0) is 12.8 Å². The minimum Gasteiger partial charge on any atom is -0.398 e. The molecular weight excluding hydrogens is 470 g/mol. The third-order valence-electron chi connectivity index (χ3n) is 7.65. The van der Waals surface area contributed by atoms with Gasteiger partial charge in [-0.1, -0.05) is 103 Å². The Morgan fingerprint density at radius 1 is 0.676 bits per heavy atom. The maximum absolute atomic E-state index is 13.9. The number of ketones is 1. The number of para-hydroxylation sites is 1. The Kier molecular flexibility index (Phi) is 5.26. The number of carbonyl (C=O) groups excluding carboxylic acids is 1. The van der Waals surface area contributed by atoms with Crippen molar-refractivity contribution in [2.24, 2.45) is 0 Å². The van der Waals surface area contributed by atoms with Crippen LogP contribution in [0.4, 0.5) is 5.69 Å². The normalized spacial score (nSPS) is 15.4. The molecule has 1 aliphatic heterocycles. The SMILES string of the molecule is Nc1ccccc1-c1ccccc1Cc1cc2c3c(c1)-c1ccccc1C(=O)C(C3)c1ccccc1S2. The second kappa shape index (κ2) is 8.79. The molecule has 2 bridgehead atoms. The van der Waals surface area contributed by atoms with Crippen LogP contribution in [0.15, 0.2) is 119 Å². The summed E-state index contributed by atoms with van der Waals surface area (Å²) in [6.07, 6.45) is 1.52. The smallest absolute Gasteiger partial charge is 0.171 e. The number of nitrogens with two attached hydrogens (primary N) is 1. The molecule has 0 amide bonds.